The number of nitrogen functional groups attached to an aromatic ring is 1. The van der Waals surface area contributed by atoms with Crippen molar-refractivity contribution in [3.63, 3.8) is 0 Å². The molecule has 3 fully saturated rings. The van der Waals surface area contributed by atoms with Crippen molar-refractivity contribution in [1.82, 2.24) is 29.1 Å². The molecular weight excluding hydrogens is 1040 g/mol. The predicted molar refractivity (Wildman–Crippen MR) is 270 cm³/mol. The molecule has 10 rings (SSSR count). The highest BCUT2D eigenvalue weighted by atomic mass is 32.7. The Morgan fingerprint density at radius 2 is 1.11 bits per heavy atom. The smallest absolute Gasteiger partial charge is 0.382 e. The van der Waals surface area contributed by atoms with Gasteiger partial charge in [0.1, 0.15) is 36.3 Å². The minimum absolute atomic E-state index is 0.00342. The van der Waals surface area contributed by atoms with Crippen molar-refractivity contribution < 1.29 is 55.1 Å². The Morgan fingerprint density at radius 3 is 1.57 bits per heavy atom. The number of carbonyl (C=O) groups excluding carboxylic acids is 2. The maximum absolute atomic E-state index is 17.3. The highest BCUT2D eigenvalue weighted by molar-refractivity contribution is 8.55. The average Bonchev–Trinajstić information content (AvgIpc) is 4.06. The molecule has 0 saturated carbocycles. The van der Waals surface area contributed by atoms with E-state index in [0.29, 0.717) is 56.1 Å². The molecule has 19 nitrogen and oxygen atoms in total. The molecule has 3 aliphatic rings. The number of rotatable bonds is 12. The summed E-state index contributed by atoms with van der Waals surface area (Å²) in [5, 5.41) is 0. The maximum atomic E-state index is 17.3. The molecule has 0 radical (unpaired) electrons. The van der Waals surface area contributed by atoms with Crippen molar-refractivity contribution >= 4 is 64.9 Å². The van der Waals surface area contributed by atoms with Crippen molar-refractivity contribution in [2.75, 3.05) is 18.9 Å². The first-order chi connectivity index (χ1) is 35.5. The van der Waals surface area contributed by atoms with Gasteiger partial charge in [0, 0.05) is 46.0 Å². The first-order valence-electron chi connectivity index (χ1n) is 22.9. The number of aryl methyl sites for hydroxylation is 2. The van der Waals surface area contributed by atoms with Gasteiger partial charge in [0.25, 0.3) is 5.56 Å². The van der Waals surface area contributed by atoms with Crippen molar-refractivity contribution in [3.05, 3.63) is 187 Å². The zero-order chi connectivity index (χ0) is 51.9. The Kier molecular flexibility index (Phi) is 14.9. The molecule has 0 amide bonds. The Hall–Kier alpha value is -5.97. The molecule has 7 aromatic rings. The third-order valence-corrected chi connectivity index (χ3v) is 19.8. The highest BCUT2D eigenvalue weighted by Crippen LogP contribution is 2.67. The molecule has 4 bridgehead atoms. The number of nitrogens with one attached hydrogen (secondary N) is 1. The van der Waals surface area contributed by atoms with Crippen molar-refractivity contribution in [2.24, 2.45) is 0 Å². The van der Waals surface area contributed by atoms with Gasteiger partial charge in [0.2, 0.25) is 0 Å². The fourth-order valence-corrected chi connectivity index (χ4v) is 15.1. The van der Waals surface area contributed by atoms with Crippen LogP contribution >= 0.6 is 36.4 Å². The zero-order valence-corrected chi connectivity index (χ0v) is 42.6. The molecule has 2 unspecified atom stereocenters. The van der Waals surface area contributed by atoms with E-state index in [9.17, 15) is 19.2 Å². The number of nitrogens with two attached hydrogens (primary N) is 1. The lowest BCUT2D eigenvalue weighted by molar-refractivity contribution is -0.0597. The Balaban J connectivity index is 0.969. The number of aromatic amines is 1. The van der Waals surface area contributed by atoms with E-state index in [1.807, 2.05) is 38.1 Å². The largest absolute Gasteiger partial charge is 0.390 e. The number of H-pyrrole nitrogens is 1. The zero-order valence-electron chi connectivity index (χ0n) is 39.2. The number of imidazole rings is 1. The van der Waals surface area contributed by atoms with Gasteiger partial charge in [-0.25, -0.2) is 37.7 Å². The third-order valence-electron chi connectivity index (χ3n) is 12.4. The van der Waals surface area contributed by atoms with Crippen LogP contribution in [0.15, 0.2) is 132 Å². The number of halogens is 2. The van der Waals surface area contributed by atoms with E-state index in [0.717, 1.165) is 34.3 Å². The quantitative estimate of drug-likeness (QED) is 0.0861. The van der Waals surface area contributed by atoms with Gasteiger partial charge in [0.15, 0.2) is 47.8 Å². The Labute approximate surface area is 428 Å². The summed E-state index contributed by atoms with van der Waals surface area (Å²) in [7, 11) is 0. The molecule has 3 saturated heterocycles. The minimum atomic E-state index is -4.71. The molecule has 6 heterocycles. The molecule has 0 aliphatic carbocycles. The third kappa shape index (κ3) is 10.9. The van der Waals surface area contributed by atoms with Gasteiger partial charge in [-0.2, -0.15) is 0 Å². The van der Waals surface area contributed by atoms with Crippen LogP contribution in [0.1, 0.15) is 66.6 Å². The van der Waals surface area contributed by atoms with Crippen LogP contribution in [-0.2, 0) is 48.2 Å². The lowest BCUT2D eigenvalue weighted by atomic mass is 10.0. The van der Waals surface area contributed by atoms with Crippen molar-refractivity contribution in [2.45, 2.75) is 74.6 Å². The fraction of sp³-hybridized carbons (Fsp3) is 0.286. The second-order valence-electron chi connectivity index (χ2n) is 17.6. The van der Waals surface area contributed by atoms with Gasteiger partial charge in [-0.1, -0.05) is 108 Å². The number of carbonyl (C=O) groups is 2. The van der Waals surface area contributed by atoms with E-state index < -0.39 is 87.3 Å². The fourth-order valence-electron chi connectivity index (χ4n) is 8.39. The van der Waals surface area contributed by atoms with Crippen LogP contribution in [-0.4, -0.2) is 90.6 Å². The predicted octanol–water partition coefficient (Wildman–Crippen LogP) is 8.41. The molecule has 3 aliphatic heterocycles. The van der Waals surface area contributed by atoms with Gasteiger partial charge >= 0.3 is 19.3 Å². The number of nitrogens with zero attached hydrogens (tertiary/aromatic N) is 5. The van der Waals surface area contributed by atoms with Gasteiger partial charge in [0.05, 0.1) is 19.5 Å². The van der Waals surface area contributed by atoms with E-state index in [-0.39, 0.29) is 40.1 Å². The van der Waals surface area contributed by atoms with Crippen LogP contribution < -0.4 is 17.0 Å². The number of aromatic nitrogens is 6. The molecule has 25 heteroatoms. The van der Waals surface area contributed by atoms with E-state index in [1.165, 1.54) is 10.9 Å². The van der Waals surface area contributed by atoms with Crippen LogP contribution in [0.4, 0.5) is 14.6 Å². The normalized spacial score (nSPS) is 27.2. The summed E-state index contributed by atoms with van der Waals surface area (Å²) in [5.74, 6) is -0.643. The molecule has 3 N–H and O–H groups in total. The van der Waals surface area contributed by atoms with Gasteiger partial charge in [-0.15, -0.1) is 0 Å². The first-order valence-corrected chi connectivity index (χ1v) is 29.2. The van der Waals surface area contributed by atoms with E-state index in [1.54, 1.807) is 72.8 Å². The molecule has 4 aromatic carbocycles. The minimum Gasteiger partial charge on any atom is -0.382 e. The Bertz CT molecular complexity index is 3450. The van der Waals surface area contributed by atoms with Crippen LogP contribution in [0.25, 0.3) is 11.2 Å². The van der Waals surface area contributed by atoms with E-state index in [2.05, 4.69) is 19.9 Å². The van der Waals surface area contributed by atoms with E-state index >= 15 is 17.9 Å². The van der Waals surface area contributed by atoms with Crippen molar-refractivity contribution in [3.8, 4) is 0 Å². The summed E-state index contributed by atoms with van der Waals surface area (Å²) in [6.07, 6.45) is -11.3. The molecule has 0 spiro atoms. The van der Waals surface area contributed by atoms with Gasteiger partial charge in [-0.05, 0) is 47.7 Å². The summed E-state index contributed by atoms with van der Waals surface area (Å²) >= 11 is 1.25. The van der Waals surface area contributed by atoms with Gasteiger partial charge in [-0.3, -0.25) is 46.6 Å². The number of benzene rings is 4. The highest BCUT2D eigenvalue weighted by Gasteiger charge is 2.55. The molecular formula is C49H45F2N7O12P2S2. The Morgan fingerprint density at radius 1 is 0.662 bits per heavy atom. The number of ketones is 2. The number of ether oxygens (including phenoxy) is 2. The molecule has 10 atom stereocenters. The van der Waals surface area contributed by atoms with Crippen LogP contribution in [0.2, 0.25) is 0 Å². The topological polar surface area (TPSA) is 248 Å². The summed E-state index contributed by atoms with van der Waals surface area (Å²) < 4.78 is 104. The lowest BCUT2D eigenvalue weighted by Gasteiger charge is -2.27. The summed E-state index contributed by atoms with van der Waals surface area (Å²) in [5.41, 5.74) is 9.33. The van der Waals surface area contributed by atoms with Crippen LogP contribution in [0, 0.1) is 13.8 Å². The monoisotopic (exact) mass is 1090 g/mol. The molecule has 384 valence electrons. The van der Waals surface area contributed by atoms with Crippen LogP contribution in [0.3, 0.4) is 0 Å². The number of hydrogen-bond acceptors (Lipinski definition) is 18. The lowest BCUT2D eigenvalue weighted by Crippen LogP contribution is -2.38. The van der Waals surface area contributed by atoms with Crippen molar-refractivity contribution in [1.29, 1.82) is 0 Å². The average molecular weight is 1090 g/mol. The van der Waals surface area contributed by atoms with E-state index in [4.69, 9.17) is 33.3 Å². The van der Waals surface area contributed by atoms with Gasteiger partial charge < -0.3 is 15.2 Å². The number of hydrogen-bond donors (Lipinski definition) is 2. The molecule has 3 aromatic heterocycles. The summed E-state index contributed by atoms with van der Waals surface area (Å²) in [4.78, 5) is 66.4. The SMILES string of the molecule is Cc1ccc(C(=O)c2ccc(CSP3(=O)OC[C@H]4O[C@@H](n5cnc6c(N)ncnc65)[C@H](OP(=O)(SCc5ccc(C(=O)c6ccc(C)cc6)cc5)OC[C@H]5O[C@@H](n6ccc(=O)[nH]c6=O)[C@H](O3)[C@@H]5F)[C@@H]4F)cc2)cc1. The summed E-state index contributed by atoms with van der Waals surface area (Å²) in [6.45, 7) is -7.25. The summed E-state index contributed by atoms with van der Waals surface area (Å²) in [6, 6.07) is 28.1. The first kappa shape index (κ1) is 51.5. The number of alkyl halides is 2. The second-order valence-corrected chi connectivity index (χ2v) is 25.6. The number of fused-ring (bicyclic) bond motifs is 5. The standard InChI is InChI=1S/C49H45F2N7O12P2S2/c1-27-3-11-31(12-4-27)41(60)33-15-7-29(8-16-33)23-73-71(63)66-22-36-39(51)44(48(68-36)58-26-55-40-45(52)53-25-54-46(40)58)70-72(64,74-24-30-9-17-34(18-10-30)42(61)32-13-5-28(2)6-14-32)65-21-35-38(50)43(69-71)47(67-35)57-20-19-37(59)56-49(57)62/h3-20,25-26,35-36,38-39,43-44,47-48H,21-24H2,1-2H3,(H2,52,53,54)(H,56,59,62)/t35-,36-,38-,39-,43-,44-,47-,48-,71?,72?/m1/s1. The number of anilines is 1. The van der Waals surface area contributed by atoms with Crippen LogP contribution in [0.5, 0.6) is 0 Å². The maximum Gasteiger partial charge on any atom is 0.390 e. The molecule has 74 heavy (non-hydrogen) atoms. The second kappa shape index (κ2) is 21.3.